The largest absolute Gasteiger partial charge is 0.378 e. The van der Waals surface area contributed by atoms with E-state index in [1.165, 1.54) is 30.9 Å². The van der Waals surface area contributed by atoms with Gasteiger partial charge in [0, 0.05) is 45.5 Å². The van der Waals surface area contributed by atoms with Crippen LogP contribution in [0.5, 0.6) is 0 Å². The molecule has 0 aromatic carbocycles. The van der Waals surface area contributed by atoms with Crippen LogP contribution in [-0.4, -0.2) is 78.7 Å². The molecule has 0 N–H and O–H groups in total. The summed E-state index contributed by atoms with van der Waals surface area (Å²) in [4.78, 5) is 12.6. The van der Waals surface area contributed by atoms with E-state index < -0.39 is 0 Å². The Labute approximate surface area is 155 Å². The number of imidazole rings is 1. The van der Waals surface area contributed by atoms with Crippen LogP contribution in [0.2, 0.25) is 0 Å². The maximum absolute atomic E-state index is 5.52. The van der Waals surface area contributed by atoms with E-state index in [4.69, 9.17) is 9.72 Å². The minimum absolute atomic E-state index is 0.409. The quantitative estimate of drug-likeness (QED) is 0.837. The first-order chi connectivity index (χ1) is 12.8. The van der Waals surface area contributed by atoms with Crippen LogP contribution in [-0.2, 0) is 4.74 Å². The Hall–Kier alpha value is -1.63. The van der Waals surface area contributed by atoms with E-state index in [0.29, 0.717) is 6.04 Å². The zero-order valence-corrected chi connectivity index (χ0v) is 15.7. The molecule has 0 unspecified atom stereocenters. The first-order valence-electron chi connectivity index (χ1n) is 10.0. The van der Waals surface area contributed by atoms with E-state index in [-0.39, 0.29) is 0 Å². The highest BCUT2D eigenvalue weighted by Gasteiger charge is 2.33. The van der Waals surface area contributed by atoms with Crippen LogP contribution in [0.3, 0.4) is 0 Å². The Bertz CT molecular complexity index is 765. The van der Waals surface area contributed by atoms with Crippen molar-refractivity contribution in [3.8, 4) is 0 Å². The predicted octanol–water partition coefficient (Wildman–Crippen LogP) is 1.87. The number of rotatable bonds is 4. The molecule has 1 saturated carbocycles. The average molecular weight is 355 g/mol. The fraction of sp³-hybridized carbons (Fsp3) is 0.650. The molecule has 4 heterocycles. The Balaban J connectivity index is 1.47. The molecule has 2 saturated heterocycles. The van der Waals surface area contributed by atoms with E-state index in [1.807, 2.05) is 0 Å². The molecular weight excluding hydrogens is 326 g/mol. The molecule has 2 aromatic heterocycles. The van der Waals surface area contributed by atoms with Crippen LogP contribution < -0.4 is 4.90 Å². The van der Waals surface area contributed by atoms with E-state index in [1.54, 1.807) is 0 Å². The lowest BCUT2D eigenvalue weighted by Crippen LogP contribution is -2.47. The number of piperazine rings is 1. The minimum atomic E-state index is 0.409. The van der Waals surface area contributed by atoms with Gasteiger partial charge in [-0.1, -0.05) is 6.07 Å². The molecule has 2 aromatic rings. The highest BCUT2D eigenvalue weighted by atomic mass is 16.5. The molecular formula is C20H29N5O. The van der Waals surface area contributed by atoms with Crippen molar-refractivity contribution in [1.29, 1.82) is 0 Å². The third-order valence-electron chi connectivity index (χ3n) is 6.05. The van der Waals surface area contributed by atoms with Gasteiger partial charge in [0.1, 0.15) is 11.5 Å². The molecule has 0 bridgehead atoms. The molecule has 6 nitrogen and oxygen atoms in total. The number of anilines is 1. The number of hydrogen-bond acceptors (Lipinski definition) is 5. The van der Waals surface area contributed by atoms with Crippen molar-refractivity contribution in [3.63, 3.8) is 0 Å². The number of ether oxygens (including phenoxy) is 1. The lowest BCUT2D eigenvalue weighted by molar-refractivity contribution is 0.0835. The highest BCUT2D eigenvalue weighted by molar-refractivity contribution is 5.53. The molecule has 26 heavy (non-hydrogen) atoms. The fourth-order valence-electron chi connectivity index (χ4n) is 4.31. The lowest BCUT2D eigenvalue weighted by atomic mass is 10.1. The van der Waals surface area contributed by atoms with Gasteiger partial charge in [0.2, 0.25) is 0 Å². The van der Waals surface area contributed by atoms with Gasteiger partial charge in [0.15, 0.2) is 0 Å². The van der Waals surface area contributed by atoms with Crippen molar-refractivity contribution in [3.05, 3.63) is 30.1 Å². The monoisotopic (exact) mass is 355 g/mol. The summed E-state index contributed by atoms with van der Waals surface area (Å²) in [5.41, 5.74) is 2.28. The Morgan fingerprint density at radius 2 is 1.96 bits per heavy atom. The van der Waals surface area contributed by atoms with Crippen molar-refractivity contribution in [2.45, 2.75) is 18.9 Å². The van der Waals surface area contributed by atoms with Crippen molar-refractivity contribution in [2.75, 3.05) is 64.4 Å². The smallest absolute Gasteiger partial charge is 0.138 e. The van der Waals surface area contributed by atoms with Crippen LogP contribution in [0, 0.1) is 5.92 Å². The Morgan fingerprint density at radius 1 is 1.12 bits per heavy atom. The second-order valence-electron chi connectivity index (χ2n) is 8.09. The van der Waals surface area contributed by atoms with Crippen molar-refractivity contribution >= 4 is 11.5 Å². The summed E-state index contributed by atoms with van der Waals surface area (Å²) < 4.78 is 7.81. The van der Waals surface area contributed by atoms with Crippen LogP contribution in [0.1, 0.15) is 24.6 Å². The Kier molecular flexibility index (Phi) is 4.35. The third-order valence-corrected chi connectivity index (χ3v) is 6.05. The van der Waals surface area contributed by atoms with E-state index in [0.717, 1.165) is 57.5 Å². The number of aromatic nitrogens is 2. The van der Waals surface area contributed by atoms with Crippen LogP contribution in [0.4, 0.5) is 5.82 Å². The first-order valence-corrected chi connectivity index (χ1v) is 10.0. The normalized spacial score (nSPS) is 25.9. The number of pyridine rings is 1. The molecule has 3 fully saturated rings. The van der Waals surface area contributed by atoms with Crippen molar-refractivity contribution in [2.24, 2.45) is 5.92 Å². The minimum Gasteiger partial charge on any atom is -0.378 e. The van der Waals surface area contributed by atoms with Gasteiger partial charge in [0.25, 0.3) is 0 Å². The summed E-state index contributed by atoms with van der Waals surface area (Å²) >= 11 is 0. The molecule has 0 spiro atoms. The molecule has 0 radical (unpaired) electrons. The zero-order chi connectivity index (χ0) is 17.5. The van der Waals surface area contributed by atoms with Gasteiger partial charge in [-0.2, -0.15) is 0 Å². The second-order valence-corrected chi connectivity index (χ2v) is 8.09. The highest BCUT2D eigenvalue weighted by Crippen LogP contribution is 2.34. The number of hydrogen-bond donors (Lipinski definition) is 0. The number of likely N-dealkylation sites (N-methyl/N-ethyl adjacent to an activating group) is 1. The molecule has 2 aliphatic heterocycles. The maximum atomic E-state index is 5.52. The summed E-state index contributed by atoms with van der Waals surface area (Å²) in [6, 6.07) is 6.88. The number of fused-ring (bicyclic) bond motifs is 1. The fourth-order valence-corrected chi connectivity index (χ4v) is 4.31. The van der Waals surface area contributed by atoms with E-state index >= 15 is 0 Å². The summed E-state index contributed by atoms with van der Waals surface area (Å²) in [5.74, 6) is 2.16. The summed E-state index contributed by atoms with van der Waals surface area (Å²) in [5, 5.41) is 0. The zero-order valence-electron chi connectivity index (χ0n) is 15.7. The van der Waals surface area contributed by atoms with Crippen molar-refractivity contribution < 1.29 is 4.74 Å². The van der Waals surface area contributed by atoms with Gasteiger partial charge in [0.05, 0.1) is 24.9 Å². The molecule has 3 aliphatic rings. The van der Waals surface area contributed by atoms with E-state index in [9.17, 15) is 0 Å². The second kappa shape index (κ2) is 6.83. The van der Waals surface area contributed by atoms with Gasteiger partial charge in [-0.15, -0.1) is 0 Å². The Morgan fingerprint density at radius 3 is 2.77 bits per heavy atom. The first kappa shape index (κ1) is 16.5. The molecule has 1 atom stereocenters. The van der Waals surface area contributed by atoms with Crippen LogP contribution >= 0.6 is 0 Å². The third kappa shape index (κ3) is 3.21. The van der Waals surface area contributed by atoms with Crippen molar-refractivity contribution in [1.82, 2.24) is 19.2 Å². The van der Waals surface area contributed by atoms with Gasteiger partial charge in [-0.05, 0) is 37.9 Å². The molecule has 5 rings (SSSR count). The van der Waals surface area contributed by atoms with Gasteiger partial charge in [-0.25, -0.2) is 4.98 Å². The SMILES string of the molecule is CN1CCN(CC2CC2)[C@H](c2cn3c(N4CCOCC4)cccc3n2)C1. The molecule has 140 valence electrons. The van der Waals surface area contributed by atoms with Gasteiger partial charge in [-0.3, -0.25) is 9.30 Å². The van der Waals surface area contributed by atoms with Gasteiger partial charge >= 0.3 is 0 Å². The predicted molar refractivity (Wildman–Crippen MR) is 103 cm³/mol. The number of nitrogens with zero attached hydrogens (tertiary/aromatic N) is 5. The molecule has 1 aliphatic carbocycles. The molecule has 0 amide bonds. The summed E-state index contributed by atoms with van der Waals surface area (Å²) in [6.45, 7) is 8.14. The lowest BCUT2D eigenvalue weighted by Gasteiger charge is -2.39. The topological polar surface area (TPSA) is 36.2 Å². The maximum Gasteiger partial charge on any atom is 0.138 e. The average Bonchev–Trinajstić information content (AvgIpc) is 3.38. The number of morpholine rings is 1. The van der Waals surface area contributed by atoms with Gasteiger partial charge < -0.3 is 14.5 Å². The summed E-state index contributed by atoms with van der Waals surface area (Å²) in [7, 11) is 2.23. The summed E-state index contributed by atoms with van der Waals surface area (Å²) in [6.07, 6.45) is 5.10. The van der Waals surface area contributed by atoms with Crippen LogP contribution in [0.15, 0.2) is 24.4 Å². The van der Waals surface area contributed by atoms with E-state index in [2.05, 4.69) is 50.5 Å². The standard InChI is InChI=1S/C20H29N5O/c1-22-7-8-24(13-16-5-6-16)18(15-22)17-14-25-19(21-17)3-2-4-20(25)23-9-11-26-12-10-23/h2-4,14,16,18H,5-13,15H2,1H3/t18-/m0/s1. The molecule has 6 heteroatoms. The van der Waals surface area contributed by atoms with Crippen LogP contribution in [0.25, 0.3) is 5.65 Å².